The second-order valence-corrected chi connectivity index (χ2v) is 6.99. The van der Waals surface area contributed by atoms with Crippen molar-refractivity contribution in [2.24, 2.45) is 7.05 Å². The largest absolute Gasteiger partial charge is 0.297 e. The predicted octanol–water partition coefficient (Wildman–Crippen LogP) is 2.24. The summed E-state index contributed by atoms with van der Waals surface area (Å²) in [6.07, 6.45) is 4.28. The maximum atomic E-state index is 11.4. The fourth-order valence-corrected chi connectivity index (χ4v) is 3.94. The van der Waals surface area contributed by atoms with Crippen molar-refractivity contribution in [3.05, 3.63) is 29.0 Å². The van der Waals surface area contributed by atoms with Crippen LogP contribution in [0.3, 0.4) is 0 Å². The summed E-state index contributed by atoms with van der Waals surface area (Å²) in [4.78, 5) is 20.1. The topological polar surface area (TPSA) is 54.3 Å². The molecule has 0 radical (unpaired) electrons. The Balaban J connectivity index is 1.64. The molecule has 0 spiro atoms. The van der Waals surface area contributed by atoms with Gasteiger partial charge in [-0.1, -0.05) is 0 Å². The van der Waals surface area contributed by atoms with Crippen molar-refractivity contribution in [2.45, 2.75) is 32.2 Å². The molecule has 0 bridgehead atoms. The highest BCUT2D eigenvalue weighted by Gasteiger charge is 2.24. The SMILES string of the molecule is CC(=O)N(C)c1nc(CN2CCC[C@@H](c3ccnn3C)C2)cs1. The molecule has 0 aliphatic carbocycles. The Kier molecular flexibility index (Phi) is 4.77. The Hall–Kier alpha value is -1.73. The first kappa shape index (κ1) is 16.1. The molecule has 1 aliphatic rings. The first-order valence-electron chi connectivity index (χ1n) is 7.93. The molecule has 0 unspecified atom stereocenters. The number of anilines is 1. The molecule has 0 N–H and O–H groups in total. The van der Waals surface area contributed by atoms with Crippen LogP contribution in [0.4, 0.5) is 5.13 Å². The fraction of sp³-hybridized carbons (Fsp3) is 0.562. The zero-order valence-electron chi connectivity index (χ0n) is 13.9. The van der Waals surface area contributed by atoms with E-state index in [-0.39, 0.29) is 5.91 Å². The summed E-state index contributed by atoms with van der Waals surface area (Å²) >= 11 is 1.53. The van der Waals surface area contributed by atoms with Crippen molar-refractivity contribution >= 4 is 22.4 Å². The van der Waals surface area contributed by atoms with Crippen molar-refractivity contribution in [1.29, 1.82) is 0 Å². The summed E-state index contributed by atoms with van der Waals surface area (Å²) in [5, 5.41) is 7.12. The predicted molar refractivity (Wildman–Crippen MR) is 91.7 cm³/mol. The second kappa shape index (κ2) is 6.80. The van der Waals surface area contributed by atoms with Gasteiger partial charge >= 0.3 is 0 Å². The minimum atomic E-state index is 0.0140. The van der Waals surface area contributed by atoms with Crippen LogP contribution in [0.1, 0.15) is 37.1 Å². The number of nitrogens with zero attached hydrogens (tertiary/aromatic N) is 5. The molecular weight excluding hydrogens is 310 g/mol. The van der Waals surface area contributed by atoms with Gasteiger partial charge in [-0.05, 0) is 25.5 Å². The van der Waals surface area contributed by atoms with E-state index in [1.165, 1.54) is 29.9 Å². The molecule has 2 aromatic rings. The third-order valence-electron chi connectivity index (χ3n) is 4.47. The van der Waals surface area contributed by atoms with E-state index in [9.17, 15) is 4.79 Å². The average Bonchev–Trinajstić information content (AvgIpc) is 3.15. The molecule has 0 saturated carbocycles. The standard InChI is InChI=1S/C16H23N5OS/c1-12(22)19(2)16-18-14(11-23-16)10-21-8-4-5-13(9-21)15-6-7-17-20(15)3/h6-7,11,13H,4-5,8-10H2,1-3H3/t13-/m1/s1. The van der Waals surface area contributed by atoms with Gasteiger partial charge in [0, 0.05) is 57.3 Å². The van der Waals surface area contributed by atoms with Gasteiger partial charge in [0.25, 0.3) is 0 Å². The summed E-state index contributed by atoms with van der Waals surface area (Å²) in [5.74, 6) is 0.550. The monoisotopic (exact) mass is 333 g/mol. The van der Waals surface area contributed by atoms with Crippen LogP contribution in [0.5, 0.6) is 0 Å². The van der Waals surface area contributed by atoms with Gasteiger partial charge in [-0.15, -0.1) is 11.3 Å². The molecule has 1 fully saturated rings. The van der Waals surface area contributed by atoms with E-state index in [0.29, 0.717) is 5.92 Å². The normalized spacial score (nSPS) is 19.0. The Bertz CT molecular complexity index is 680. The molecule has 1 atom stereocenters. The van der Waals surface area contributed by atoms with Crippen LogP contribution in [0.25, 0.3) is 0 Å². The molecule has 3 heterocycles. The number of amides is 1. The Morgan fingerprint density at radius 3 is 3.04 bits per heavy atom. The van der Waals surface area contributed by atoms with Gasteiger partial charge in [-0.3, -0.25) is 19.3 Å². The minimum Gasteiger partial charge on any atom is -0.297 e. The van der Waals surface area contributed by atoms with E-state index < -0.39 is 0 Å². The number of aryl methyl sites for hydroxylation is 1. The average molecular weight is 333 g/mol. The number of carbonyl (C=O) groups excluding carboxylic acids is 1. The highest BCUT2D eigenvalue weighted by molar-refractivity contribution is 7.14. The molecular formula is C16H23N5OS. The Labute approximate surface area is 140 Å². The number of piperidine rings is 1. The summed E-state index contributed by atoms with van der Waals surface area (Å²) in [7, 11) is 3.78. The number of hydrogen-bond donors (Lipinski definition) is 0. The van der Waals surface area contributed by atoms with Gasteiger partial charge in [0.1, 0.15) is 0 Å². The van der Waals surface area contributed by atoms with Crippen LogP contribution in [0, 0.1) is 0 Å². The van der Waals surface area contributed by atoms with E-state index in [1.54, 1.807) is 18.9 Å². The number of carbonyl (C=O) groups is 1. The molecule has 7 heteroatoms. The molecule has 0 aromatic carbocycles. The quantitative estimate of drug-likeness (QED) is 0.861. The fourth-order valence-electron chi connectivity index (χ4n) is 3.11. The van der Waals surface area contributed by atoms with Gasteiger partial charge in [0.05, 0.1) is 5.69 Å². The van der Waals surface area contributed by atoms with Gasteiger partial charge in [0.2, 0.25) is 5.91 Å². The van der Waals surface area contributed by atoms with Crippen molar-refractivity contribution in [2.75, 3.05) is 25.0 Å². The summed E-state index contributed by atoms with van der Waals surface area (Å²) in [6.45, 7) is 4.54. The third kappa shape index (κ3) is 3.61. The molecule has 124 valence electrons. The lowest BCUT2D eigenvalue weighted by atomic mass is 9.94. The smallest absolute Gasteiger partial charge is 0.225 e. The maximum absolute atomic E-state index is 11.4. The highest BCUT2D eigenvalue weighted by atomic mass is 32.1. The van der Waals surface area contributed by atoms with Gasteiger partial charge in [-0.25, -0.2) is 4.98 Å². The van der Waals surface area contributed by atoms with Crippen molar-refractivity contribution in [3.8, 4) is 0 Å². The van der Waals surface area contributed by atoms with Crippen LogP contribution in [-0.4, -0.2) is 45.7 Å². The summed E-state index contributed by atoms with van der Waals surface area (Å²) in [5.41, 5.74) is 2.36. The summed E-state index contributed by atoms with van der Waals surface area (Å²) in [6, 6.07) is 2.12. The van der Waals surface area contributed by atoms with E-state index >= 15 is 0 Å². The van der Waals surface area contributed by atoms with E-state index in [4.69, 9.17) is 0 Å². The van der Waals surface area contributed by atoms with E-state index in [2.05, 4.69) is 26.4 Å². The van der Waals surface area contributed by atoms with Gasteiger partial charge in [0.15, 0.2) is 5.13 Å². The summed E-state index contributed by atoms with van der Waals surface area (Å²) < 4.78 is 1.98. The lowest BCUT2D eigenvalue weighted by Gasteiger charge is -2.32. The molecule has 1 saturated heterocycles. The number of thiazole rings is 1. The zero-order valence-corrected chi connectivity index (χ0v) is 14.7. The van der Waals surface area contributed by atoms with Gasteiger partial charge in [-0.2, -0.15) is 5.10 Å². The van der Waals surface area contributed by atoms with Crippen molar-refractivity contribution < 1.29 is 4.79 Å². The molecule has 1 amide bonds. The maximum Gasteiger partial charge on any atom is 0.225 e. The lowest BCUT2D eigenvalue weighted by Crippen LogP contribution is -2.34. The Morgan fingerprint density at radius 2 is 2.35 bits per heavy atom. The number of aromatic nitrogens is 3. The highest BCUT2D eigenvalue weighted by Crippen LogP contribution is 2.28. The minimum absolute atomic E-state index is 0.0140. The molecule has 23 heavy (non-hydrogen) atoms. The molecule has 6 nitrogen and oxygen atoms in total. The second-order valence-electron chi connectivity index (χ2n) is 6.15. The number of rotatable bonds is 4. The Morgan fingerprint density at radius 1 is 1.52 bits per heavy atom. The molecule has 1 aliphatic heterocycles. The van der Waals surface area contributed by atoms with Crippen LogP contribution in [0.15, 0.2) is 17.6 Å². The molecule has 3 rings (SSSR count). The zero-order chi connectivity index (χ0) is 16.4. The third-order valence-corrected chi connectivity index (χ3v) is 5.43. The van der Waals surface area contributed by atoms with Crippen molar-refractivity contribution in [3.63, 3.8) is 0 Å². The van der Waals surface area contributed by atoms with Crippen LogP contribution < -0.4 is 4.90 Å². The lowest BCUT2D eigenvalue weighted by molar-refractivity contribution is -0.116. The number of likely N-dealkylation sites (tertiary alicyclic amines) is 1. The number of hydrogen-bond acceptors (Lipinski definition) is 5. The van der Waals surface area contributed by atoms with Gasteiger partial charge < -0.3 is 0 Å². The van der Waals surface area contributed by atoms with Crippen LogP contribution in [-0.2, 0) is 18.4 Å². The van der Waals surface area contributed by atoms with E-state index in [0.717, 1.165) is 30.5 Å². The molecule has 2 aromatic heterocycles. The first-order valence-corrected chi connectivity index (χ1v) is 8.81. The van der Waals surface area contributed by atoms with Crippen LogP contribution >= 0.6 is 11.3 Å². The van der Waals surface area contributed by atoms with E-state index in [1.807, 2.05) is 17.9 Å². The first-order chi connectivity index (χ1) is 11.0. The van der Waals surface area contributed by atoms with Crippen molar-refractivity contribution in [1.82, 2.24) is 19.7 Å². The van der Waals surface area contributed by atoms with Crippen LogP contribution in [0.2, 0.25) is 0 Å².